The first-order chi connectivity index (χ1) is 9.58. The summed E-state index contributed by atoms with van der Waals surface area (Å²) in [6.07, 6.45) is 3.95. The van der Waals surface area contributed by atoms with Gasteiger partial charge in [-0.1, -0.05) is 37.3 Å². The molecule has 0 fully saturated rings. The molecule has 0 saturated carbocycles. The maximum absolute atomic E-state index is 12.1. The summed E-state index contributed by atoms with van der Waals surface area (Å²) < 4.78 is 1.96. The lowest BCUT2D eigenvalue weighted by atomic mass is 9.94. The Kier molecular flexibility index (Phi) is 4.58. The van der Waals surface area contributed by atoms with Crippen molar-refractivity contribution in [2.45, 2.75) is 19.5 Å². The number of nitrogens with zero attached hydrogens (tertiary/aromatic N) is 1. The van der Waals surface area contributed by atoms with Gasteiger partial charge in [0.05, 0.1) is 5.92 Å². The van der Waals surface area contributed by atoms with E-state index in [1.54, 1.807) is 0 Å². The van der Waals surface area contributed by atoms with Crippen molar-refractivity contribution in [3.05, 3.63) is 59.9 Å². The second-order valence-electron chi connectivity index (χ2n) is 5.13. The zero-order chi connectivity index (χ0) is 14.5. The van der Waals surface area contributed by atoms with Crippen LogP contribution < -0.4 is 11.1 Å². The van der Waals surface area contributed by atoms with Gasteiger partial charge in [0.1, 0.15) is 0 Å². The molecule has 3 N–H and O–H groups in total. The molecule has 0 radical (unpaired) electrons. The number of carbonyl (C=O) groups is 1. The molecule has 1 amide bonds. The number of hydrogen-bond acceptors (Lipinski definition) is 2. The smallest absolute Gasteiger partial charge is 0.225 e. The molecule has 2 atom stereocenters. The normalized spacial score (nSPS) is 13.8. The number of hydrogen-bond donors (Lipinski definition) is 2. The van der Waals surface area contributed by atoms with Gasteiger partial charge < -0.3 is 15.6 Å². The fraction of sp³-hybridized carbons (Fsp3) is 0.312. The molecule has 4 heteroatoms. The highest BCUT2D eigenvalue weighted by molar-refractivity contribution is 5.79. The number of rotatable bonds is 5. The Morgan fingerprint density at radius 3 is 2.60 bits per heavy atom. The Balaban J connectivity index is 1.91. The maximum atomic E-state index is 12.1. The molecule has 4 nitrogen and oxygen atoms in total. The van der Waals surface area contributed by atoms with E-state index in [1.807, 2.05) is 67.3 Å². The van der Waals surface area contributed by atoms with E-state index < -0.39 is 0 Å². The van der Waals surface area contributed by atoms with Crippen LogP contribution in [0.3, 0.4) is 0 Å². The molecule has 20 heavy (non-hydrogen) atoms. The van der Waals surface area contributed by atoms with Crippen molar-refractivity contribution in [3.63, 3.8) is 0 Å². The van der Waals surface area contributed by atoms with Crippen LogP contribution in [0.15, 0.2) is 48.8 Å². The molecule has 0 aliphatic heterocycles. The first-order valence-electron chi connectivity index (χ1n) is 6.77. The summed E-state index contributed by atoms with van der Waals surface area (Å²) in [5, 5.41) is 2.93. The number of amides is 1. The summed E-state index contributed by atoms with van der Waals surface area (Å²) in [6, 6.07) is 11.4. The fourth-order valence-electron chi connectivity index (χ4n) is 2.14. The molecule has 1 heterocycles. The quantitative estimate of drug-likeness (QED) is 0.873. The summed E-state index contributed by atoms with van der Waals surface area (Å²) in [5.74, 6) is -0.286. The molecule has 0 aliphatic rings. The van der Waals surface area contributed by atoms with Crippen LogP contribution in [0.4, 0.5) is 0 Å². The van der Waals surface area contributed by atoms with Crippen LogP contribution in [0.25, 0.3) is 0 Å². The van der Waals surface area contributed by atoms with Crippen molar-refractivity contribution < 1.29 is 4.79 Å². The standard InChI is InChI=1S/C16H21N3O/c1-12(15(17)14-6-4-3-5-7-14)16(20)18-10-13-8-9-19(2)11-13/h3-9,11-12,15H,10,17H2,1-2H3,(H,18,20). The van der Waals surface area contributed by atoms with E-state index >= 15 is 0 Å². The van der Waals surface area contributed by atoms with E-state index in [-0.39, 0.29) is 17.9 Å². The van der Waals surface area contributed by atoms with E-state index in [4.69, 9.17) is 5.73 Å². The number of nitrogens with two attached hydrogens (primary N) is 1. The molecule has 2 unspecified atom stereocenters. The predicted octanol–water partition coefficient (Wildman–Crippen LogP) is 1.98. The summed E-state index contributed by atoms with van der Waals surface area (Å²) in [5.41, 5.74) is 8.21. The SMILES string of the molecule is CC(C(=O)NCc1ccn(C)c1)C(N)c1ccccc1. The number of nitrogens with one attached hydrogen (secondary N) is 1. The van der Waals surface area contributed by atoms with E-state index in [0.29, 0.717) is 6.54 Å². The third kappa shape index (κ3) is 3.48. The Labute approximate surface area is 119 Å². The van der Waals surface area contributed by atoms with Gasteiger partial charge in [0.15, 0.2) is 0 Å². The molecule has 0 spiro atoms. The van der Waals surface area contributed by atoms with Gasteiger partial charge in [0.25, 0.3) is 0 Å². The van der Waals surface area contributed by atoms with Crippen LogP contribution >= 0.6 is 0 Å². The Morgan fingerprint density at radius 2 is 2.00 bits per heavy atom. The first-order valence-corrected chi connectivity index (χ1v) is 6.77. The van der Waals surface area contributed by atoms with Crippen molar-refractivity contribution in [2.24, 2.45) is 18.7 Å². The van der Waals surface area contributed by atoms with Crippen molar-refractivity contribution >= 4 is 5.91 Å². The van der Waals surface area contributed by atoms with Crippen LogP contribution in [0.1, 0.15) is 24.1 Å². The zero-order valence-electron chi connectivity index (χ0n) is 11.9. The second-order valence-corrected chi connectivity index (χ2v) is 5.13. The van der Waals surface area contributed by atoms with Gasteiger partial charge in [-0.2, -0.15) is 0 Å². The average molecular weight is 271 g/mol. The highest BCUT2D eigenvalue weighted by Crippen LogP contribution is 2.19. The highest BCUT2D eigenvalue weighted by Gasteiger charge is 2.21. The van der Waals surface area contributed by atoms with Crippen LogP contribution in [0.2, 0.25) is 0 Å². The van der Waals surface area contributed by atoms with Gasteiger partial charge in [-0.05, 0) is 17.2 Å². The number of benzene rings is 1. The molecular formula is C16H21N3O. The van der Waals surface area contributed by atoms with Crippen LogP contribution in [-0.4, -0.2) is 10.5 Å². The van der Waals surface area contributed by atoms with Crippen molar-refractivity contribution in [3.8, 4) is 0 Å². The van der Waals surface area contributed by atoms with E-state index in [0.717, 1.165) is 11.1 Å². The van der Waals surface area contributed by atoms with Gasteiger partial charge in [-0.15, -0.1) is 0 Å². The third-order valence-electron chi connectivity index (χ3n) is 3.50. The maximum Gasteiger partial charge on any atom is 0.225 e. The van der Waals surface area contributed by atoms with E-state index in [1.165, 1.54) is 0 Å². The Morgan fingerprint density at radius 1 is 1.30 bits per heavy atom. The van der Waals surface area contributed by atoms with Crippen molar-refractivity contribution in [1.29, 1.82) is 0 Å². The van der Waals surface area contributed by atoms with E-state index in [2.05, 4.69) is 5.32 Å². The number of aromatic nitrogens is 1. The minimum Gasteiger partial charge on any atom is -0.357 e. The second kappa shape index (κ2) is 6.39. The van der Waals surface area contributed by atoms with Gasteiger partial charge in [-0.3, -0.25) is 4.79 Å². The summed E-state index contributed by atoms with van der Waals surface area (Å²) in [6.45, 7) is 2.39. The molecular weight excluding hydrogens is 250 g/mol. The molecule has 2 aromatic rings. The van der Waals surface area contributed by atoms with E-state index in [9.17, 15) is 4.79 Å². The molecule has 2 rings (SSSR count). The molecule has 1 aromatic heterocycles. The molecule has 0 bridgehead atoms. The number of carbonyl (C=O) groups excluding carboxylic acids is 1. The molecule has 0 saturated heterocycles. The highest BCUT2D eigenvalue weighted by atomic mass is 16.1. The van der Waals surface area contributed by atoms with Crippen LogP contribution in [-0.2, 0) is 18.4 Å². The summed E-state index contributed by atoms with van der Waals surface area (Å²) in [4.78, 5) is 12.1. The van der Waals surface area contributed by atoms with Gasteiger partial charge in [0.2, 0.25) is 5.91 Å². The zero-order valence-corrected chi connectivity index (χ0v) is 11.9. The lowest BCUT2D eigenvalue weighted by Crippen LogP contribution is -2.35. The largest absolute Gasteiger partial charge is 0.357 e. The topological polar surface area (TPSA) is 60.0 Å². The monoisotopic (exact) mass is 271 g/mol. The molecule has 106 valence electrons. The van der Waals surface area contributed by atoms with Crippen molar-refractivity contribution in [2.75, 3.05) is 0 Å². The third-order valence-corrected chi connectivity index (χ3v) is 3.50. The minimum absolute atomic E-state index is 0.0230. The Bertz CT molecular complexity index is 562. The predicted molar refractivity (Wildman–Crippen MR) is 79.8 cm³/mol. The molecule has 1 aromatic carbocycles. The molecule has 0 aliphatic carbocycles. The van der Waals surface area contributed by atoms with Crippen LogP contribution in [0.5, 0.6) is 0 Å². The average Bonchev–Trinajstić information content (AvgIpc) is 2.89. The minimum atomic E-state index is -0.285. The lowest BCUT2D eigenvalue weighted by Gasteiger charge is -2.19. The Hall–Kier alpha value is -2.07. The summed E-state index contributed by atoms with van der Waals surface area (Å²) in [7, 11) is 1.96. The van der Waals surface area contributed by atoms with Gasteiger partial charge >= 0.3 is 0 Å². The number of aryl methyl sites for hydroxylation is 1. The fourth-order valence-corrected chi connectivity index (χ4v) is 2.14. The summed E-state index contributed by atoms with van der Waals surface area (Å²) >= 11 is 0. The van der Waals surface area contributed by atoms with Crippen molar-refractivity contribution in [1.82, 2.24) is 9.88 Å². The lowest BCUT2D eigenvalue weighted by molar-refractivity contribution is -0.125. The van der Waals surface area contributed by atoms with Gasteiger partial charge in [0, 0.05) is 32.0 Å². The first kappa shape index (κ1) is 14.3. The van der Waals surface area contributed by atoms with Crippen LogP contribution in [0, 0.1) is 5.92 Å². The van der Waals surface area contributed by atoms with Gasteiger partial charge in [-0.25, -0.2) is 0 Å².